The van der Waals surface area contributed by atoms with E-state index in [9.17, 15) is 9.59 Å². The van der Waals surface area contributed by atoms with Gasteiger partial charge < -0.3 is 19.4 Å². The van der Waals surface area contributed by atoms with Gasteiger partial charge in [-0.1, -0.05) is 0 Å². The van der Waals surface area contributed by atoms with Gasteiger partial charge in [-0.2, -0.15) is 0 Å². The third kappa shape index (κ3) is 5.85. The summed E-state index contributed by atoms with van der Waals surface area (Å²) in [6, 6.07) is -0.278. The first-order valence-corrected chi connectivity index (χ1v) is 6.79. The molecule has 118 valence electrons. The summed E-state index contributed by atoms with van der Waals surface area (Å²) in [5, 5.41) is 2.74. The van der Waals surface area contributed by atoms with E-state index in [0.717, 1.165) is 5.69 Å². The molecule has 0 unspecified atom stereocenters. The van der Waals surface area contributed by atoms with Gasteiger partial charge >= 0.3 is 12.1 Å². The molecular formula is C14H23N3O4. The highest BCUT2D eigenvalue weighted by Crippen LogP contribution is 2.14. The van der Waals surface area contributed by atoms with Gasteiger partial charge in [0.15, 0.2) is 0 Å². The number of hydrogen-bond donors (Lipinski definition) is 1. The van der Waals surface area contributed by atoms with Gasteiger partial charge in [0, 0.05) is 6.54 Å². The van der Waals surface area contributed by atoms with Gasteiger partial charge in [0.2, 0.25) is 0 Å². The molecule has 0 aliphatic carbocycles. The Kier molecular flexibility index (Phi) is 5.75. The van der Waals surface area contributed by atoms with E-state index in [4.69, 9.17) is 4.74 Å². The Morgan fingerprint density at radius 1 is 1.43 bits per heavy atom. The van der Waals surface area contributed by atoms with Crippen LogP contribution in [0, 0.1) is 0 Å². The minimum Gasteiger partial charge on any atom is -0.469 e. The van der Waals surface area contributed by atoms with Crippen molar-refractivity contribution in [2.45, 2.75) is 52.3 Å². The maximum Gasteiger partial charge on any atom is 0.408 e. The summed E-state index contributed by atoms with van der Waals surface area (Å²) in [7, 11) is 1.35. The van der Waals surface area contributed by atoms with Crippen molar-refractivity contribution in [2.24, 2.45) is 0 Å². The Labute approximate surface area is 124 Å². The van der Waals surface area contributed by atoms with Crippen molar-refractivity contribution in [3.8, 4) is 0 Å². The van der Waals surface area contributed by atoms with E-state index < -0.39 is 11.7 Å². The molecule has 7 heteroatoms. The van der Waals surface area contributed by atoms with Gasteiger partial charge in [-0.25, -0.2) is 9.78 Å². The topological polar surface area (TPSA) is 82.5 Å². The average molecular weight is 297 g/mol. The Hall–Kier alpha value is -2.05. The molecule has 0 aliphatic rings. The van der Waals surface area contributed by atoms with Crippen LogP contribution >= 0.6 is 0 Å². The highest BCUT2D eigenvalue weighted by molar-refractivity contribution is 5.69. The first-order valence-electron chi connectivity index (χ1n) is 6.79. The van der Waals surface area contributed by atoms with Gasteiger partial charge in [0.1, 0.15) is 5.60 Å². The number of aromatic nitrogens is 2. The summed E-state index contributed by atoms with van der Waals surface area (Å²) >= 11 is 0. The number of aryl methyl sites for hydroxylation is 1. The highest BCUT2D eigenvalue weighted by Gasteiger charge is 2.20. The van der Waals surface area contributed by atoms with Crippen molar-refractivity contribution < 1.29 is 19.1 Å². The predicted octanol–water partition coefficient (Wildman–Crippen LogP) is 2.03. The predicted molar refractivity (Wildman–Crippen MR) is 76.6 cm³/mol. The lowest BCUT2D eigenvalue weighted by atomic mass is 10.2. The normalized spacial score (nSPS) is 12.6. The fourth-order valence-electron chi connectivity index (χ4n) is 1.75. The fourth-order valence-corrected chi connectivity index (χ4v) is 1.75. The number of ether oxygens (including phenoxy) is 2. The number of nitrogens with one attached hydrogen (secondary N) is 1. The molecule has 1 heterocycles. The van der Waals surface area contributed by atoms with E-state index in [0.29, 0.717) is 6.54 Å². The van der Waals surface area contributed by atoms with Crippen LogP contribution in [0.1, 0.15) is 45.9 Å². The second-order valence-corrected chi connectivity index (χ2v) is 5.71. The van der Waals surface area contributed by atoms with E-state index in [1.807, 2.05) is 6.92 Å². The molecule has 0 spiro atoms. The maximum atomic E-state index is 11.8. The lowest BCUT2D eigenvalue weighted by molar-refractivity contribution is -0.140. The molecule has 1 aromatic heterocycles. The smallest absolute Gasteiger partial charge is 0.408 e. The molecule has 0 aliphatic heterocycles. The first-order chi connectivity index (χ1) is 9.73. The van der Waals surface area contributed by atoms with E-state index >= 15 is 0 Å². The van der Waals surface area contributed by atoms with Gasteiger partial charge in [0.25, 0.3) is 0 Å². The number of rotatable bonds is 5. The summed E-state index contributed by atoms with van der Waals surface area (Å²) in [5.41, 5.74) is 0.249. The van der Waals surface area contributed by atoms with Crippen molar-refractivity contribution in [1.82, 2.24) is 14.9 Å². The van der Waals surface area contributed by atoms with Crippen LogP contribution in [0.5, 0.6) is 0 Å². The molecule has 0 bridgehead atoms. The molecule has 0 radical (unpaired) electrons. The fraction of sp³-hybridized carbons (Fsp3) is 0.643. The molecule has 0 fully saturated rings. The van der Waals surface area contributed by atoms with Crippen LogP contribution in [0.3, 0.4) is 0 Å². The second-order valence-electron chi connectivity index (χ2n) is 5.71. The minimum atomic E-state index is -0.547. The lowest BCUT2D eigenvalue weighted by Gasteiger charge is -2.22. The molecule has 21 heavy (non-hydrogen) atoms. The first kappa shape index (κ1) is 17.0. The van der Waals surface area contributed by atoms with Crippen molar-refractivity contribution in [3.63, 3.8) is 0 Å². The van der Waals surface area contributed by atoms with E-state index in [1.54, 1.807) is 37.9 Å². The molecule has 1 aromatic rings. The van der Waals surface area contributed by atoms with Crippen molar-refractivity contribution >= 4 is 12.1 Å². The molecule has 0 aromatic carbocycles. The summed E-state index contributed by atoms with van der Waals surface area (Å²) in [6.07, 6.45) is 3.03. The summed E-state index contributed by atoms with van der Waals surface area (Å²) in [5.74, 6) is -0.289. The zero-order valence-electron chi connectivity index (χ0n) is 13.2. The zero-order chi connectivity index (χ0) is 16.0. The molecule has 0 saturated carbocycles. The molecular weight excluding hydrogens is 274 g/mol. The van der Waals surface area contributed by atoms with Crippen LogP contribution < -0.4 is 5.32 Å². The Morgan fingerprint density at radius 3 is 2.67 bits per heavy atom. The standard InChI is InChI=1S/C14H23N3O4/c1-10(16-13(19)21-14(2,3)4)11-8-15-9-17(11)7-6-12(18)20-5/h8-10H,6-7H2,1-5H3,(H,16,19)/t10-/m1/s1. The third-order valence-electron chi connectivity index (χ3n) is 2.71. The second kappa shape index (κ2) is 7.10. The number of carbonyl (C=O) groups is 2. The van der Waals surface area contributed by atoms with Crippen molar-refractivity contribution in [3.05, 3.63) is 18.2 Å². The maximum absolute atomic E-state index is 11.8. The quantitative estimate of drug-likeness (QED) is 0.841. The van der Waals surface area contributed by atoms with E-state index in [1.165, 1.54) is 7.11 Å². The number of alkyl carbamates (subject to hydrolysis) is 1. The number of hydrogen-bond acceptors (Lipinski definition) is 5. The number of imidazole rings is 1. The molecule has 7 nitrogen and oxygen atoms in total. The van der Waals surface area contributed by atoms with Crippen LogP contribution in [0.4, 0.5) is 4.79 Å². The molecule has 1 rings (SSSR count). The Balaban J connectivity index is 2.62. The van der Waals surface area contributed by atoms with Crippen LogP contribution in [0.15, 0.2) is 12.5 Å². The van der Waals surface area contributed by atoms with Gasteiger partial charge in [0.05, 0.1) is 37.8 Å². The lowest BCUT2D eigenvalue weighted by Crippen LogP contribution is -2.34. The molecule has 1 N–H and O–H groups in total. The molecule has 1 amide bonds. The number of methoxy groups -OCH3 is 1. The summed E-state index contributed by atoms with van der Waals surface area (Å²) in [4.78, 5) is 27.0. The van der Waals surface area contributed by atoms with Crippen LogP contribution in [0.2, 0.25) is 0 Å². The van der Waals surface area contributed by atoms with Crippen LogP contribution in [-0.2, 0) is 20.8 Å². The number of amides is 1. The Morgan fingerprint density at radius 2 is 2.10 bits per heavy atom. The van der Waals surface area contributed by atoms with Crippen molar-refractivity contribution in [1.29, 1.82) is 0 Å². The Bertz CT molecular complexity index is 491. The average Bonchev–Trinajstić information content (AvgIpc) is 2.81. The SMILES string of the molecule is COC(=O)CCn1cncc1[C@@H](C)NC(=O)OC(C)(C)C. The third-order valence-corrected chi connectivity index (χ3v) is 2.71. The largest absolute Gasteiger partial charge is 0.469 e. The minimum absolute atomic E-state index is 0.249. The van der Waals surface area contributed by atoms with Crippen LogP contribution in [0.25, 0.3) is 0 Å². The summed E-state index contributed by atoms with van der Waals surface area (Å²) in [6.45, 7) is 7.69. The monoisotopic (exact) mass is 297 g/mol. The van der Waals surface area contributed by atoms with Gasteiger partial charge in [-0.3, -0.25) is 4.79 Å². The van der Waals surface area contributed by atoms with Gasteiger partial charge in [-0.15, -0.1) is 0 Å². The number of carbonyl (C=O) groups excluding carboxylic acids is 2. The van der Waals surface area contributed by atoms with E-state index in [-0.39, 0.29) is 18.4 Å². The highest BCUT2D eigenvalue weighted by atomic mass is 16.6. The molecule has 0 saturated heterocycles. The molecule has 1 atom stereocenters. The van der Waals surface area contributed by atoms with Crippen LogP contribution in [-0.4, -0.2) is 34.3 Å². The van der Waals surface area contributed by atoms with Crippen molar-refractivity contribution in [2.75, 3.05) is 7.11 Å². The number of esters is 1. The summed E-state index contributed by atoms with van der Waals surface area (Å²) < 4.78 is 11.6. The zero-order valence-corrected chi connectivity index (χ0v) is 13.2. The van der Waals surface area contributed by atoms with Gasteiger partial charge in [-0.05, 0) is 27.7 Å². The number of nitrogens with zero attached hydrogens (tertiary/aromatic N) is 2. The van der Waals surface area contributed by atoms with E-state index in [2.05, 4.69) is 15.0 Å².